The summed E-state index contributed by atoms with van der Waals surface area (Å²) >= 11 is 0. The van der Waals surface area contributed by atoms with E-state index < -0.39 is 37.0 Å². The van der Waals surface area contributed by atoms with E-state index in [0.717, 1.165) is 0 Å². The van der Waals surface area contributed by atoms with Crippen molar-refractivity contribution in [2.45, 2.75) is 45.6 Å². The minimum atomic E-state index is -0.711. The molecule has 1 rings (SSSR count). The van der Waals surface area contributed by atoms with Crippen LogP contribution in [0.5, 0.6) is 5.75 Å². The quantitative estimate of drug-likeness (QED) is 0.390. The van der Waals surface area contributed by atoms with Crippen LogP contribution in [-0.2, 0) is 14.3 Å². The SMILES string of the molecule is CCOc1cc(C=O)c(F)c(C(C)(C)C(O[SiH2]C)O[SiH2]C)c1. The van der Waals surface area contributed by atoms with Crippen molar-refractivity contribution in [2.24, 2.45) is 0 Å². The largest absolute Gasteiger partial charge is 0.494 e. The van der Waals surface area contributed by atoms with Crippen LogP contribution in [0.4, 0.5) is 4.39 Å². The zero-order chi connectivity index (χ0) is 16.8. The van der Waals surface area contributed by atoms with E-state index in [1.54, 1.807) is 6.07 Å². The highest BCUT2D eigenvalue weighted by atomic mass is 28.2. The number of halogens is 1. The van der Waals surface area contributed by atoms with Gasteiger partial charge in [-0.25, -0.2) is 4.39 Å². The molecule has 0 aliphatic heterocycles. The predicted octanol–water partition coefficient (Wildman–Crippen LogP) is 1.94. The summed E-state index contributed by atoms with van der Waals surface area (Å²) in [4.78, 5) is 11.1. The molecule has 0 aliphatic carbocycles. The van der Waals surface area contributed by atoms with Gasteiger partial charge in [-0.1, -0.05) is 26.9 Å². The van der Waals surface area contributed by atoms with Crippen molar-refractivity contribution in [1.29, 1.82) is 0 Å². The molecule has 124 valence electrons. The maximum absolute atomic E-state index is 14.7. The van der Waals surface area contributed by atoms with Gasteiger partial charge >= 0.3 is 0 Å². The van der Waals surface area contributed by atoms with Gasteiger partial charge in [0.05, 0.1) is 12.2 Å². The third-order valence-corrected chi connectivity index (χ3v) is 4.70. The number of ether oxygens (including phenoxy) is 1. The Kier molecular flexibility index (Phi) is 7.41. The zero-order valence-electron chi connectivity index (χ0n) is 13.9. The average molecular weight is 345 g/mol. The number of rotatable bonds is 9. The molecule has 0 radical (unpaired) electrons. The van der Waals surface area contributed by atoms with Crippen LogP contribution < -0.4 is 4.74 Å². The van der Waals surface area contributed by atoms with Gasteiger partial charge in [0, 0.05) is 11.0 Å². The van der Waals surface area contributed by atoms with Gasteiger partial charge < -0.3 is 13.6 Å². The molecule has 0 spiro atoms. The summed E-state index contributed by atoms with van der Waals surface area (Å²) < 4.78 is 31.7. The van der Waals surface area contributed by atoms with Crippen LogP contribution in [0.15, 0.2) is 12.1 Å². The first-order valence-electron chi connectivity index (χ1n) is 7.57. The first kappa shape index (κ1) is 19.0. The minimum Gasteiger partial charge on any atom is -0.494 e. The number of hydrogen-bond donors (Lipinski definition) is 0. The van der Waals surface area contributed by atoms with Gasteiger partial charge in [-0.05, 0) is 19.1 Å². The number of aldehydes is 1. The monoisotopic (exact) mass is 344 g/mol. The van der Waals surface area contributed by atoms with Gasteiger partial charge in [0.25, 0.3) is 0 Å². The van der Waals surface area contributed by atoms with Gasteiger partial charge in [0.15, 0.2) is 25.8 Å². The molecule has 22 heavy (non-hydrogen) atoms. The van der Waals surface area contributed by atoms with E-state index in [9.17, 15) is 9.18 Å². The molecule has 0 bridgehead atoms. The highest BCUT2D eigenvalue weighted by molar-refractivity contribution is 6.26. The van der Waals surface area contributed by atoms with E-state index >= 15 is 0 Å². The van der Waals surface area contributed by atoms with Crippen LogP contribution in [0.3, 0.4) is 0 Å². The zero-order valence-corrected chi connectivity index (χ0v) is 16.8. The van der Waals surface area contributed by atoms with Crippen molar-refractivity contribution >= 4 is 25.8 Å². The molecule has 4 nitrogen and oxygen atoms in total. The van der Waals surface area contributed by atoms with Crippen LogP contribution in [-0.4, -0.2) is 38.7 Å². The van der Waals surface area contributed by atoms with Crippen molar-refractivity contribution in [3.05, 3.63) is 29.1 Å². The molecular weight excluding hydrogens is 319 g/mol. The lowest BCUT2D eigenvalue weighted by Gasteiger charge is -2.35. The molecule has 0 saturated heterocycles. The molecule has 0 atom stereocenters. The number of carbonyl (C=O) groups is 1. The van der Waals surface area contributed by atoms with Gasteiger partial charge in [-0.3, -0.25) is 4.79 Å². The summed E-state index contributed by atoms with van der Waals surface area (Å²) in [6.07, 6.45) is 0.0174. The topological polar surface area (TPSA) is 44.8 Å². The Morgan fingerprint density at radius 3 is 2.32 bits per heavy atom. The van der Waals surface area contributed by atoms with Crippen LogP contribution in [0.2, 0.25) is 13.1 Å². The molecule has 0 N–H and O–H groups in total. The smallest absolute Gasteiger partial charge is 0.161 e. The Morgan fingerprint density at radius 2 is 1.86 bits per heavy atom. The van der Waals surface area contributed by atoms with Crippen molar-refractivity contribution in [2.75, 3.05) is 6.61 Å². The lowest BCUT2D eigenvalue weighted by atomic mass is 9.82. The number of benzene rings is 1. The van der Waals surface area contributed by atoms with Crippen LogP contribution >= 0.6 is 0 Å². The molecule has 0 heterocycles. The van der Waals surface area contributed by atoms with Crippen molar-refractivity contribution in [1.82, 2.24) is 0 Å². The molecule has 0 fully saturated rings. The fourth-order valence-corrected chi connectivity index (χ4v) is 4.14. The van der Waals surface area contributed by atoms with Gasteiger partial charge in [0.2, 0.25) is 0 Å². The fraction of sp³-hybridized carbons (Fsp3) is 0.533. The predicted molar refractivity (Wildman–Crippen MR) is 90.8 cm³/mol. The molecule has 0 aromatic heterocycles. The molecule has 0 saturated carbocycles. The Labute approximate surface area is 136 Å². The molecule has 0 aliphatic rings. The minimum absolute atomic E-state index is 0.00439. The number of carbonyl (C=O) groups excluding carboxylic acids is 1. The van der Waals surface area contributed by atoms with E-state index in [1.165, 1.54) is 6.07 Å². The lowest BCUT2D eigenvalue weighted by molar-refractivity contribution is -0.0444. The molecule has 0 unspecified atom stereocenters. The summed E-state index contributed by atoms with van der Waals surface area (Å²) in [6, 6.07) is 3.06. The number of hydrogen-bond acceptors (Lipinski definition) is 4. The van der Waals surface area contributed by atoms with E-state index in [0.29, 0.717) is 24.2 Å². The third-order valence-electron chi connectivity index (χ3n) is 3.43. The standard InChI is InChI=1S/C15H25FO4Si2/c1-6-18-11-7-10(9-17)13(16)12(8-11)15(2,3)14(19-21-4)20-22-5/h7-9,14H,6,21-22H2,1-5H3. The Balaban J connectivity index is 3.36. The highest BCUT2D eigenvalue weighted by Crippen LogP contribution is 2.35. The average Bonchev–Trinajstić information content (AvgIpc) is 2.48. The Hall–Kier alpha value is -1.03. The summed E-state index contributed by atoms with van der Waals surface area (Å²) in [6.45, 7) is 10.0. The molecule has 1 aromatic carbocycles. The van der Waals surface area contributed by atoms with Crippen molar-refractivity contribution in [3.63, 3.8) is 0 Å². The Morgan fingerprint density at radius 1 is 1.27 bits per heavy atom. The fourth-order valence-electron chi connectivity index (χ4n) is 2.32. The summed E-state index contributed by atoms with van der Waals surface area (Å²) in [5.41, 5.74) is -0.327. The normalized spacial score (nSPS) is 14.1. The van der Waals surface area contributed by atoms with E-state index in [2.05, 4.69) is 0 Å². The van der Waals surface area contributed by atoms with E-state index in [1.807, 2.05) is 33.9 Å². The maximum atomic E-state index is 14.7. The lowest BCUT2D eigenvalue weighted by Crippen LogP contribution is -2.40. The summed E-state index contributed by atoms with van der Waals surface area (Å²) in [7, 11) is -1.42. The first-order chi connectivity index (χ1) is 10.4. The van der Waals surface area contributed by atoms with Gasteiger partial charge in [-0.15, -0.1) is 0 Å². The van der Waals surface area contributed by atoms with Crippen molar-refractivity contribution in [3.8, 4) is 5.75 Å². The highest BCUT2D eigenvalue weighted by Gasteiger charge is 2.35. The third kappa shape index (κ3) is 4.25. The molecule has 7 heteroatoms. The van der Waals surface area contributed by atoms with Crippen LogP contribution in [0, 0.1) is 5.82 Å². The molecular formula is C15H25FO4Si2. The second kappa shape index (κ2) is 8.57. The van der Waals surface area contributed by atoms with Crippen molar-refractivity contribution < 1.29 is 22.8 Å². The molecule has 1 aromatic rings. The second-order valence-corrected chi connectivity index (χ2v) is 7.21. The maximum Gasteiger partial charge on any atom is 0.161 e. The first-order valence-corrected chi connectivity index (χ1v) is 11.6. The van der Waals surface area contributed by atoms with E-state index in [4.69, 9.17) is 13.6 Å². The van der Waals surface area contributed by atoms with Crippen LogP contribution in [0.1, 0.15) is 36.7 Å². The molecule has 0 amide bonds. The summed E-state index contributed by atoms with van der Waals surface area (Å²) in [5.74, 6) is -0.0495. The van der Waals surface area contributed by atoms with Gasteiger partial charge in [0.1, 0.15) is 17.9 Å². The van der Waals surface area contributed by atoms with E-state index in [-0.39, 0.29) is 5.56 Å². The van der Waals surface area contributed by atoms with Crippen LogP contribution in [0.25, 0.3) is 0 Å². The second-order valence-electron chi connectivity index (χ2n) is 5.39. The Bertz CT molecular complexity index is 503. The van der Waals surface area contributed by atoms with Gasteiger partial charge in [-0.2, -0.15) is 0 Å². The summed E-state index contributed by atoms with van der Waals surface area (Å²) in [5, 5.41) is 0.